The lowest BCUT2D eigenvalue weighted by Gasteiger charge is -2.22. The zero-order chi connectivity index (χ0) is 23.7. The Balaban J connectivity index is 1.28. The minimum atomic E-state index is -0.135. The van der Waals surface area contributed by atoms with Gasteiger partial charge in [-0.25, -0.2) is 15.0 Å². The molecule has 7 heteroatoms. The van der Waals surface area contributed by atoms with Crippen molar-refractivity contribution in [3.63, 3.8) is 0 Å². The Morgan fingerprint density at radius 1 is 1.15 bits per heavy atom. The van der Waals surface area contributed by atoms with Gasteiger partial charge in [-0.05, 0) is 36.8 Å². The minimum Gasteiger partial charge on any atom is -0.347 e. The number of aromatic nitrogens is 5. The number of rotatable bonds is 7. The second kappa shape index (κ2) is 9.41. The van der Waals surface area contributed by atoms with E-state index in [1.165, 1.54) is 25.1 Å². The molecule has 0 bridgehead atoms. The van der Waals surface area contributed by atoms with Gasteiger partial charge in [-0.2, -0.15) is 0 Å². The van der Waals surface area contributed by atoms with Crippen LogP contribution in [-0.2, 0) is 25.9 Å². The summed E-state index contributed by atoms with van der Waals surface area (Å²) in [5.41, 5.74) is 5.50. The summed E-state index contributed by atoms with van der Waals surface area (Å²) < 4.78 is 4.10. The van der Waals surface area contributed by atoms with Gasteiger partial charge >= 0.3 is 0 Å². The maximum Gasteiger partial charge on any atom is 0.270 e. The monoisotopic (exact) mass is 456 g/mol. The van der Waals surface area contributed by atoms with Gasteiger partial charge in [0.15, 0.2) is 0 Å². The number of aryl methyl sites for hydroxylation is 3. The Morgan fingerprint density at radius 2 is 1.97 bits per heavy atom. The van der Waals surface area contributed by atoms with Crippen molar-refractivity contribution in [2.45, 2.75) is 66.0 Å². The summed E-state index contributed by atoms with van der Waals surface area (Å²) >= 11 is 0. The van der Waals surface area contributed by atoms with Gasteiger partial charge in [0.05, 0.1) is 11.4 Å². The Hall–Kier alpha value is -3.48. The first-order chi connectivity index (χ1) is 16.6. The molecule has 5 rings (SSSR count). The fourth-order valence-electron chi connectivity index (χ4n) is 4.91. The molecule has 1 atom stereocenters. The zero-order valence-corrected chi connectivity index (χ0v) is 20.2. The molecule has 34 heavy (non-hydrogen) atoms. The van der Waals surface area contributed by atoms with Gasteiger partial charge in [0, 0.05) is 43.7 Å². The molecular formula is C27H32N6O. The highest BCUT2D eigenvalue weighted by Gasteiger charge is 2.21. The predicted octanol–water partition coefficient (Wildman–Crippen LogP) is 4.76. The van der Waals surface area contributed by atoms with E-state index < -0.39 is 0 Å². The molecule has 0 saturated heterocycles. The number of carbonyl (C=O) groups excluding carboxylic acids is 1. The molecule has 1 N–H and O–H groups in total. The van der Waals surface area contributed by atoms with Crippen LogP contribution < -0.4 is 5.32 Å². The van der Waals surface area contributed by atoms with Crippen LogP contribution >= 0.6 is 0 Å². The third kappa shape index (κ3) is 4.34. The molecule has 0 aliphatic carbocycles. The lowest BCUT2D eigenvalue weighted by molar-refractivity contribution is 0.0944. The van der Waals surface area contributed by atoms with Gasteiger partial charge < -0.3 is 9.88 Å². The van der Waals surface area contributed by atoms with E-state index in [-0.39, 0.29) is 5.91 Å². The lowest BCUT2D eigenvalue weighted by Crippen LogP contribution is -2.25. The van der Waals surface area contributed by atoms with Crippen LogP contribution in [0.1, 0.15) is 66.2 Å². The molecule has 0 spiro atoms. The van der Waals surface area contributed by atoms with Gasteiger partial charge in [0.1, 0.15) is 11.5 Å². The van der Waals surface area contributed by atoms with E-state index in [0.29, 0.717) is 24.4 Å². The average molecular weight is 457 g/mol. The fraction of sp³-hybridized carbons (Fsp3) is 0.407. The number of hydrogen-bond acceptors (Lipinski definition) is 4. The Labute approximate surface area is 200 Å². The first-order valence-corrected chi connectivity index (χ1v) is 12.3. The van der Waals surface area contributed by atoms with E-state index in [9.17, 15) is 4.79 Å². The van der Waals surface area contributed by atoms with Crippen LogP contribution in [0.2, 0.25) is 0 Å². The summed E-state index contributed by atoms with van der Waals surface area (Å²) in [5, 5.41) is 3.06. The number of nitrogens with one attached hydrogen (secondary N) is 1. The van der Waals surface area contributed by atoms with E-state index >= 15 is 0 Å². The van der Waals surface area contributed by atoms with Crippen LogP contribution in [-0.4, -0.2) is 29.8 Å². The third-order valence-electron chi connectivity index (χ3n) is 6.74. The maximum absolute atomic E-state index is 13.0. The topological polar surface area (TPSA) is 77.1 Å². The molecule has 0 saturated carbocycles. The second-order valence-electron chi connectivity index (χ2n) is 9.32. The fourth-order valence-corrected chi connectivity index (χ4v) is 4.91. The number of amides is 1. The molecular weight excluding hydrogens is 424 g/mol. The normalized spacial score (nSPS) is 15.4. The van der Waals surface area contributed by atoms with Crippen molar-refractivity contribution in [2.24, 2.45) is 5.92 Å². The number of carbonyl (C=O) groups is 1. The van der Waals surface area contributed by atoms with Crippen molar-refractivity contribution in [3.05, 3.63) is 71.2 Å². The predicted molar refractivity (Wildman–Crippen MR) is 133 cm³/mol. The molecule has 1 amide bonds. The summed E-state index contributed by atoms with van der Waals surface area (Å²) in [6.07, 6.45) is 11.4. The molecule has 1 aliphatic heterocycles. The van der Waals surface area contributed by atoms with E-state index in [4.69, 9.17) is 4.98 Å². The molecule has 3 aromatic heterocycles. The minimum absolute atomic E-state index is 0.135. The Kier molecular flexibility index (Phi) is 6.18. The molecule has 1 unspecified atom stereocenters. The van der Waals surface area contributed by atoms with Crippen molar-refractivity contribution in [2.75, 3.05) is 0 Å². The van der Waals surface area contributed by atoms with Crippen LogP contribution in [0.15, 0.2) is 42.9 Å². The van der Waals surface area contributed by atoms with Gasteiger partial charge in [-0.1, -0.05) is 51.0 Å². The summed E-state index contributed by atoms with van der Waals surface area (Å²) in [6, 6.07) is 8.32. The van der Waals surface area contributed by atoms with Crippen molar-refractivity contribution in [3.8, 4) is 11.3 Å². The summed E-state index contributed by atoms with van der Waals surface area (Å²) in [4.78, 5) is 26.8. The molecule has 0 fully saturated rings. The van der Waals surface area contributed by atoms with Gasteiger partial charge in [-0.3, -0.25) is 9.20 Å². The number of benzene rings is 1. The van der Waals surface area contributed by atoms with Crippen molar-refractivity contribution >= 4 is 11.7 Å². The first-order valence-electron chi connectivity index (χ1n) is 12.3. The Morgan fingerprint density at radius 3 is 2.74 bits per heavy atom. The standard InChI is InChI=1S/C27H32N6O/c1-4-6-19-11-12-32-17-23(30-24(32)13-19)21-9-7-20(8-10-21)15-28-26(34)25-22(5-2)31-27-29-14-18(3)16-33(25)27/h7-10,14,16-17,19H,4-6,11-13,15H2,1-3H3,(H,28,34). The van der Waals surface area contributed by atoms with E-state index in [1.807, 2.05) is 20.0 Å². The average Bonchev–Trinajstić information content (AvgIpc) is 3.43. The number of imidazole rings is 2. The summed E-state index contributed by atoms with van der Waals surface area (Å²) in [7, 11) is 0. The van der Waals surface area contributed by atoms with Gasteiger partial charge in [0.25, 0.3) is 5.91 Å². The number of nitrogens with zero attached hydrogens (tertiary/aromatic N) is 5. The van der Waals surface area contributed by atoms with Gasteiger partial charge in [-0.15, -0.1) is 0 Å². The SMILES string of the molecule is CCCC1CCn2cc(-c3ccc(CNC(=O)c4c(CC)nc5ncc(C)cn45)cc3)nc2C1. The molecule has 176 valence electrons. The van der Waals surface area contributed by atoms with Crippen LogP contribution in [0, 0.1) is 12.8 Å². The van der Waals surface area contributed by atoms with E-state index in [1.54, 1.807) is 10.6 Å². The van der Waals surface area contributed by atoms with Crippen LogP contribution in [0.5, 0.6) is 0 Å². The van der Waals surface area contributed by atoms with Gasteiger partial charge in [0.2, 0.25) is 5.78 Å². The summed E-state index contributed by atoms with van der Waals surface area (Å²) in [6.45, 7) is 7.74. The second-order valence-corrected chi connectivity index (χ2v) is 9.32. The molecule has 4 aromatic rings. The zero-order valence-electron chi connectivity index (χ0n) is 20.2. The molecule has 0 radical (unpaired) electrons. The number of fused-ring (bicyclic) bond motifs is 2. The van der Waals surface area contributed by atoms with E-state index in [2.05, 4.69) is 57.2 Å². The Bertz CT molecular complexity index is 1320. The largest absolute Gasteiger partial charge is 0.347 e. The van der Waals surface area contributed by atoms with Crippen LogP contribution in [0.4, 0.5) is 0 Å². The molecule has 4 heterocycles. The molecule has 7 nitrogen and oxygen atoms in total. The first kappa shape index (κ1) is 22.3. The highest BCUT2D eigenvalue weighted by molar-refractivity contribution is 5.94. The summed E-state index contributed by atoms with van der Waals surface area (Å²) in [5.74, 6) is 2.39. The maximum atomic E-state index is 13.0. The molecule has 1 aromatic carbocycles. The van der Waals surface area contributed by atoms with E-state index in [0.717, 1.165) is 47.0 Å². The van der Waals surface area contributed by atoms with Crippen molar-refractivity contribution in [1.82, 2.24) is 29.2 Å². The smallest absolute Gasteiger partial charge is 0.270 e. The molecule has 1 aliphatic rings. The lowest BCUT2D eigenvalue weighted by atomic mass is 9.93. The quantitative estimate of drug-likeness (QED) is 0.435. The van der Waals surface area contributed by atoms with Crippen molar-refractivity contribution in [1.29, 1.82) is 0 Å². The highest BCUT2D eigenvalue weighted by Crippen LogP contribution is 2.27. The highest BCUT2D eigenvalue weighted by atomic mass is 16.1. The van der Waals surface area contributed by atoms with Crippen LogP contribution in [0.3, 0.4) is 0 Å². The van der Waals surface area contributed by atoms with Crippen LogP contribution in [0.25, 0.3) is 17.0 Å². The van der Waals surface area contributed by atoms with Crippen molar-refractivity contribution < 1.29 is 4.79 Å². The third-order valence-corrected chi connectivity index (χ3v) is 6.74. The number of hydrogen-bond donors (Lipinski definition) is 1.